The largest absolute Gasteiger partial charge is 0.444 e. The van der Waals surface area contributed by atoms with Gasteiger partial charge in [0.1, 0.15) is 11.5 Å². The van der Waals surface area contributed by atoms with E-state index in [4.69, 9.17) is 4.74 Å². The highest BCUT2D eigenvalue weighted by Crippen LogP contribution is 2.36. The maximum absolute atomic E-state index is 13.1. The number of rotatable bonds is 1. The smallest absolute Gasteiger partial charge is 0.410 e. The van der Waals surface area contributed by atoms with Crippen molar-refractivity contribution in [2.24, 2.45) is 17.3 Å². The molecule has 7 heteroatoms. The summed E-state index contributed by atoms with van der Waals surface area (Å²) >= 11 is 0. The number of hydrogen-bond acceptors (Lipinski definition) is 4. The molecule has 0 aromatic heterocycles. The highest BCUT2D eigenvalue weighted by molar-refractivity contribution is 6.02. The van der Waals surface area contributed by atoms with Gasteiger partial charge in [-0.15, -0.1) is 0 Å². The molecule has 148 valence electrons. The molecule has 2 fully saturated rings. The third kappa shape index (κ3) is 4.48. The predicted molar refractivity (Wildman–Crippen MR) is 98.4 cm³/mol. The Labute approximate surface area is 156 Å². The summed E-state index contributed by atoms with van der Waals surface area (Å²) in [4.78, 5) is 41.1. The Balaban J connectivity index is 2.06. The van der Waals surface area contributed by atoms with E-state index in [9.17, 15) is 14.4 Å². The van der Waals surface area contributed by atoms with Crippen LogP contribution in [0.15, 0.2) is 0 Å². The van der Waals surface area contributed by atoms with Crippen LogP contribution in [0.25, 0.3) is 0 Å². The van der Waals surface area contributed by atoms with Crippen LogP contribution in [0.1, 0.15) is 48.5 Å². The van der Waals surface area contributed by atoms with Gasteiger partial charge in [-0.1, -0.05) is 20.8 Å². The SMILES string of the molecule is C[C@@H]1CN(C(=O)OC(C)(C)C)CCN1C(=O)[C@@H]1C(=O)NC[C@H]1C(C)(C)C. The van der Waals surface area contributed by atoms with Crippen molar-refractivity contribution < 1.29 is 19.1 Å². The Bertz CT molecular complexity index is 576. The van der Waals surface area contributed by atoms with Gasteiger partial charge in [-0.3, -0.25) is 9.59 Å². The lowest BCUT2D eigenvalue weighted by atomic mass is 9.74. The fourth-order valence-corrected chi connectivity index (χ4v) is 3.67. The molecule has 0 aromatic rings. The number of carbonyl (C=O) groups excluding carboxylic acids is 3. The van der Waals surface area contributed by atoms with Crippen molar-refractivity contribution in [2.75, 3.05) is 26.2 Å². The third-order valence-corrected chi connectivity index (χ3v) is 5.12. The zero-order chi connectivity index (χ0) is 19.9. The fraction of sp³-hybridized carbons (Fsp3) is 0.842. The van der Waals surface area contributed by atoms with Gasteiger partial charge in [0.25, 0.3) is 0 Å². The number of nitrogens with zero attached hydrogens (tertiary/aromatic N) is 2. The lowest BCUT2D eigenvalue weighted by molar-refractivity contribution is -0.146. The van der Waals surface area contributed by atoms with E-state index in [1.165, 1.54) is 0 Å². The first-order chi connectivity index (χ1) is 11.8. The average Bonchev–Trinajstić information content (AvgIpc) is 2.86. The zero-order valence-corrected chi connectivity index (χ0v) is 17.1. The predicted octanol–water partition coefficient (Wildman–Crippen LogP) is 1.86. The summed E-state index contributed by atoms with van der Waals surface area (Å²) in [7, 11) is 0. The Kier molecular flexibility index (Phi) is 5.59. The number of carbonyl (C=O) groups is 3. The van der Waals surface area contributed by atoms with Gasteiger partial charge < -0.3 is 19.9 Å². The summed E-state index contributed by atoms with van der Waals surface area (Å²) in [5, 5.41) is 2.84. The quantitative estimate of drug-likeness (QED) is 0.718. The van der Waals surface area contributed by atoms with E-state index in [-0.39, 0.29) is 35.3 Å². The first kappa shape index (κ1) is 20.5. The Morgan fingerprint density at radius 3 is 2.23 bits per heavy atom. The maximum atomic E-state index is 13.1. The van der Waals surface area contributed by atoms with Crippen LogP contribution in [0.2, 0.25) is 0 Å². The molecule has 2 rings (SSSR count). The second-order valence-electron chi connectivity index (χ2n) is 9.50. The number of amides is 3. The molecule has 0 aromatic carbocycles. The van der Waals surface area contributed by atoms with Crippen LogP contribution in [-0.4, -0.2) is 65.5 Å². The van der Waals surface area contributed by atoms with Crippen molar-refractivity contribution in [3.8, 4) is 0 Å². The molecule has 3 atom stereocenters. The van der Waals surface area contributed by atoms with Crippen molar-refractivity contribution in [1.29, 1.82) is 0 Å². The minimum Gasteiger partial charge on any atom is -0.444 e. The van der Waals surface area contributed by atoms with E-state index in [1.807, 2.05) is 27.7 Å². The fourth-order valence-electron chi connectivity index (χ4n) is 3.67. The molecule has 0 spiro atoms. The molecule has 0 radical (unpaired) electrons. The number of hydrogen-bond donors (Lipinski definition) is 1. The molecule has 0 bridgehead atoms. The Morgan fingerprint density at radius 1 is 1.12 bits per heavy atom. The molecule has 2 heterocycles. The maximum Gasteiger partial charge on any atom is 0.410 e. The van der Waals surface area contributed by atoms with E-state index < -0.39 is 11.5 Å². The van der Waals surface area contributed by atoms with Crippen molar-refractivity contribution in [3.05, 3.63) is 0 Å². The van der Waals surface area contributed by atoms with Gasteiger partial charge in [0, 0.05) is 38.1 Å². The van der Waals surface area contributed by atoms with Gasteiger partial charge >= 0.3 is 6.09 Å². The highest BCUT2D eigenvalue weighted by Gasteiger charge is 2.48. The molecule has 0 unspecified atom stereocenters. The van der Waals surface area contributed by atoms with Crippen LogP contribution < -0.4 is 5.32 Å². The van der Waals surface area contributed by atoms with Crippen molar-refractivity contribution in [2.45, 2.75) is 60.1 Å². The van der Waals surface area contributed by atoms with E-state index in [0.717, 1.165) is 0 Å². The van der Waals surface area contributed by atoms with Crippen LogP contribution in [0, 0.1) is 17.3 Å². The zero-order valence-electron chi connectivity index (χ0n) is 17.1. The van der Waals surface area contributed by atoms with E-state index in [1.54, 1.807) is 9.80 Å². The van der Waals surface area contributed by atoms with Gasteiger partial charge in [0.15, 0.2) is 0 Å². The monoisotopic (exact) mass is 367 g/mol. The molecule has 2 saturated heterocycles. The lowest BCUT2D eigenvalue weighted by Crippen LogP contribution is -2.58. The van der Waals surface area contributed by atoms with Gasteiger partial charge in [0.05, 0.1) is 0 Å². The minimum absolute atomic E-state index is 0.0291. The van der Waals surface area contributed by atoms with Crippen molar-refractivity contribution in [3.63, 3.8) is 0 Å². The van der Waals surface area contributed by atoms with Crippen LogP contribution in [0.3, 0.4) is 0 Å². The number of ether oxygens (including phenoxy) is 1. The average molecular weight is 367 g/mol. The van der Waals surface area contributed by atoms with E-state index in [2.05, 4.69) is 26.1 Å². The third-order valence-electron chi connectivity index (χ3n) is 5.12. The minimum atomic E-state index is -0.648. The summed E-state index contributed by atoms with van der Waals surface area (Å²) in [6, 6.07) is -0.155. The van der Waals surface area contributed by atoms with E-state index >= 15 is 0 Å². The van der Waals surface area contributed by atoms with Crippen LogP contribution in [-0.2, 0) is 14.3 Å². The second-order valence-corrected chi connectivity index (χ2v) is 9.50. The molecule has 0 aliphatic carbocycles. The van der Waals surface area contributed by atoms with Crippen LogP contribution >= 0.6 is 0 Å². The van der Waals surface area contributed by atoms with Crippen LogP contribution in [0.5, 0.6) is 0 Å². The highest BCUT2D eigenvalue weighted by atomic mass is 16.6. The summed E-state index contributed by atoms with van der Waals surface area (Å²) < 4.78 is 5.42. The molecule has 7 nitrogen and oxygen atoms in total. The Morgan fingerprint density at radius 2 is 1.73 bits per heavy atom. The second kappa shape index (κ2) is 7.08. The lowest BCUT2D eigenvalue weighted by Gasteiger charge is -2.42. The molecule has 2 aliphatic heterocycles. The molecule has 26 heavy (non-hydrogen) atoms. The summed E-state index contributed by atoms with van der Waals surface area (Å²) in [6.45, 7) is 15.4. The van der Waals surface area contributed by atoms with Gasteiger partial charge in [-0.05, 0) is 33.1 Å². The summed E-state index contributed by atoms with van der Waals surface area (Å²) in [6.07, 6.45) is -0.359. The van der Waals surface area contributed by atoms with Gasteiger partial charge in [-0.2, -0.15) is 0 Å². The molecule has 3 amide bonds. The first-order valence-electron chi connectivity index (χ1n) is 9.37. The summed E-state index contributed by atoms with van der Waals surface area (Å²) in [5.41, 5.74) is -0.684. The molecular formula is C19H33N3O4. The standard InChI is InChI=1S/C19H33N3O4/c1-12-11-21(17(25)26-19(5,6)7)8-9-22(12)16(24)14-13(18(2,3)4)10-20-15(14)23/h12-14H,8-11H2,1-7H3,(H,20,23)/t12-,13-,14+/m1/s1. The van der Waals surface area contributed by atoms with Crippen molar-refractivity contribution >= 4 is 17.9 Å². The number of nitrogens with one attached hydrogen (secondary N) is 1. The van der Waals surface area contributed by atoms with Crippen molar-refractivity contribution in [1.82, 2.24) is 15.1 Å². The Hall–Kier alpha value is -1.79. The molecule has 2 aliphatic rings. The van der Waals surface area contributed by atoms with Gasteiger partial charge in [0.2, 0.25) is 11.8 Å². The van der Waals surface area contributed by atoms with Crippen LogP contribution in [0.4, 0.5) is 4.79 Å². The molecular weight excluding hydrogens is 334 g/mol. The van der Waals surface area contributed by atoms with E-state index in [0.29, 0.717) is 26.2 Å². The molecule has 1 N–H and O–H groups in total. The molecule has 0 saturated carbocycles. The van der Waals surface area contributed by atoms with Gasteiger partial charge in [-0.25, -0.2) is 4.79 Å². The normalized spacial score (nSPS) is 27.3. The summed E-state index contributed by atoms with van der Waals surface area (Å²) in [5.74, 6) is -0.989. The number of piperazine rings is 1. The first-order valence-corrected chi connectivity index (χ1v) is 9.37. The topological polar surface area (TPSA) is 79.0 Å².